The van der Waals surface area contributed by atoms with Crippen LogP contribution in [0, 0.1) is 0 Å². The number of rotatable bonds is 16. The Morgan fingerprint density at radius 3 is 1.41 bits per heavy atom. The van der Waals surface area contributed by atoms with Crippen molar-refractivity contribution in [3.63, 3.8) is 0 Å². The summed E-state index contributed by atoms with van der Waals surface area (Å²) in [6, 6.07) is 20.0. The minimum atomic E-state index is 0.442. The molecule has 0 radical (unpaired) electrons. The zero-order valence-corrected chi connectivity index (χ0v) is 22.0. The lowest BCUT2D eigenvalue weighted by atomic mass is 9.97. The Hall–Kier alpha value is -3.08. The molecular weight excluding hydrogens is 492 g/mol. The Labute approximate surface area is 221 Å². The van der Waals surface area contributed by atoms with Gasteiger partial charge in [-0.05, 0) is 12.1 Å². The fraction of sp³-hybridized carbons (Fsp3) is 0.357. The fourth-order valence-electron chi connectivity index (χ4n) is 3.84. The van der Waals surface area contributed by atoms with E-state index in [0.29, 0.717) is 52.9 Å². The second-order valence-electron chi connectivity index (χ2n) is 8.02. The van der Waals surface area contributed by atoms with E-state index in [9.17, 15) is 0 Å². The number of fused-ring (bicyclic) bond motifs is 1. The maximum Gasteiger partial charge on any atom is 0.127 e. The molecule has 37 heavy (non-hydrogen) atoms. The summed E-state index contributed by atoms with van der Waals surface area (Å²) in [4.78, 5) is 0. The molecule has 4 rings (SSSR count). The lowest BCUT2D eigenvalue weighted by Crippen LogP contribution is -2.10. The van der Waals surface area contributed by atoms with Crippen LogP contribution in [0.25, 0.3) is 33.3 Å². The summed E-state index contributed by atoms with van der Waals surface area (Å²) >= 11 is 1.20. The highest BCUT2D eigenvalue weighted by Gasteiger charge is 2.18. The minimum Gasteiger partial charge on any atom is -0.491 e. The molecule has 4 aromatic rings. The van der Waals surface area contributed by atoms with E-state index in [1.54, 1.807) is 14.2 Å². The van der Waals surface area contributed by atoms with Crippen molar-refractivity contribution in [3.8, 4) is 33.8 Å². The minimum absolute atomic E-state index is 0.442. The Kier molecular flexibility index (Phi) is 10.6. The number of aromatic nitrogens is 2. The maximum absolute atomic E-state index is 6.06. The smallest absolute Gasteiger partial charge is 0.127 e. The highest BCUT2D eigenvalue weighted by atomic mass is 32.1. The monoisotopic (exact) mass is 524 g/mol. The zero-order valence-electron chi connectivity index (χ0n) is 21.2. The van der Waals surface area contributed by atoms with Crippen LogP contribution in [-0.2, 0) is 18.9 Å². The summed E-state index contributed by atoms with van der Waals surface area (Å²) < 4.78 is 42.5. The lowest BCUT2D eigenvalue weighted by Gasteiger charge is -2.15. The Morgan fingerprint density at radius 2 is 0.946 bits per heavy atom. The third-order valence-corrected chi connectivity index (χ3v) is 6.13. The summed E-state index contributed by atoms with van der Waals surface area (Å²) in [5.74, 6) is 1.55. The number of methoxy groups -OCH3 is 2. The molecule has 0 spiro atoms. The average molecular weight is 525 g/mol. The SMILES string of the molecule is COCCOCCOc1ccccc1-c1ccc(-c2ccccc2OCCOCCOC)c2nsnc12. The van der Waals surface area contributed by atoms with Crippen LogP contribution in [0.2, 0.25) is 0 Å². The number of nitrogens with zero attached hydrogens (tertiary/aromatic N) is 2. The van der Waals surface area contributed by atoms with Crippen LogP contribution in [0.5, 0.6) is 11.5 Å². The van der Waals surface area contributed by atoms with Crippen molar-refractivity contribution in [1.82, 2.24) is 8.75 Å². The van der Waals surface area contributed by atoms with E-state index in [-0.39, 0.29) is 0 Å². The molecule has 0 unspecified atom stereocenters. The molecular formula is C28H32N2O6S. The molecule has 0 fully saturated rings. The molecule has 0 aliphatic rings. The largest absolute Gasteiger partial charge is 0.491 e. The molecule has 0 atom stereocenters. The van der Waals surface area contributed by atoms with Gasteiger partial charge in [0, 0.05) is 36.5 Å². The lowest BCUT2D eigenvalue weighted by molar-refractivity contribution is 0.0545. The van der Waals surface area contributed by atoms with Crippen molar-refractivity contribution in [1.29, 1.82) is 0 Å². The van der Waals surface area contributed by atoms with Gasteiger partial charge < -0.3 is 28.4 Å². The molecule has 196 valence electrons. The van der Waals surface area contributed by atoms with Gasteiger partial charge in [-0.2, -0.15) is 8.75 Å². The molecule has 0 N–H and O–H groups in total. The van der Waals surface area contributed by atoms with Gasteiger partial charge >= 0.3 is 0 Å². The molecule has 0 aliphatic heterocycles. The molecule has 1 aromatic heterocycles. The average Bonchev–Trinajstić information content (AvgIpc) is 3.43. The van der Waals surface area contributed by atoms with Gasteiger partial charge in [0.2, 0.25) is 0 Å². The molecule has 0 amide bonds. The molecule has 1 heterocycles. The van der Waals surface area contributed by atoms with Gasteiger partial charge in [0.1, 0.15) is 35.7 Å². The number of ether oxygens (including phenoxy) is 6. The van der Waals surface area contributed by atoms with E-state index in [1.807, 2.05) is 48.5 Å². The van der Waals surface area contributed by atoms with E-state index < -0.39 is 0 Å². The molecule has 0 saturated carbocycles. The predicted molar refractivity (Wildman–Crippen MR) is 145 cm³/mol. The molecule has 0 aliphatic carbocycles. The van der Waals surface area contributed by atoms with Gasteiger partial charge in [0.15, 0.2) is 0 Å². The Bertz CT molecular complexity index is 1150. The van der Waals surface area contributed by atoms with Gasteiger partial charge in [-0.1, -0.05) is 48.5 Å². The fourth-order valence-corrected chi connectivity index (χ4v) is 4.41. The van der Waals surface area contributed by atoms with Crippen LogP contribution in [-0.4, -0.2) is 75.8 Å². The third kappa shape index (κ3) is 7.24. The van der Waals surface area contributed by atoms with Crippen LogP contribution < -0.4 is 9.47 Å². The second kappa shape index (κ2) is 14.6. The van der Waals surface area contributed by atoms with Crippen LogP contribution >= 0.6 is 11.7 Å². The van der Waals surface area contributed by atoms with E-state index in [2.05, 4.69) is 20.9 Å². The second-order valence-corrected chi connectivity index (χ2v) is 8.55. The molecule has 0 bridgehead atoms. The Balaban J connectivity index is 1.54. The predicted octanol–water partition coefficient (Wildman–Crippen LogP) is 5.11. The van der Waals surface area contributed by atoms with E-state index in [0.717, 1.165) is 44.8 Å². The van der Waals surface area contributed by atoms with Gasteiger partial charge in [-0.25, -0.2) is 0 Å². The molecule has 0 saturated heterocycles. The summed E-state index contributed by atoms with van der Waals surface area (Å²) in [5.41, 5.74) is 5.50. The van der Waals surface area contributed by atoms with Crippen molar-refractivity contribution in [3.05, 3.63) is 60.7 Å². The first-order valence-electron chi connectivity index (χ1n) is 12.2. The quantitative estimate of drug-likeness (QED) is 0.187. The molecule has 8 nitrogen and oxygen atoms in total. The van der Waals surface area contributed by atoms with E-state index in [4.69, 9.17) is 28.4 Å². The zero-order chi connectivity index (χ0) is 25.7. The summed E-state index contributed by atoms with van der Waals surface area (Å²) in [6.07, 6.45) is 0. The van der Waals surface area contributed by atoms with E-state index in [1.165, 1.54) is 11.7 Å². The number of benzene rings is 3. The summed E-state index contributed by atoms with van der Waals surface area (Å²) in [5, 5.41) is 0. The summed E-state index contributed by atoms with van der Waals surface area (Å²) in [7, 11) is 3.31. The third-order valence-electron chi connectivity index (χ3n) is 5.60. The van der Waals surface area contributed by atoms with Crippen LogP contribution in [0.4, 0.5) is 0 Å². The molecule has 3 aromatic carbocycles. The number of para-hydroxylation sites is 2. The van der Waals surface area contributed by atoms with Crippen molar-refractivity contribution >= 4 is 22.8 Å². The first-order chi connectivity index (χ1) is 18.3. The number of hydrogen-bond donors (Lipinski definition) is 0. The van der Waals surface area contributed by atoms with Gasteiger partial charge in [0.05, 0.1) is 51.4 Å². The van der Waals surface area contributed by atoms with Crippen LogP contribution in [0.1, 0.15) is 0 Å². The first-order valence-corrected chi connectivity index (χ1v) is 12.9. The van der Waals surface area contributed by atoms with Crippen molar-refractivity contribution in [2.75, 3.05) is 67.1 Å². The van der Waals surface area contributed by atoms with Crippen molar-refractivity contribution < 1.29 is 28.4 Å². The maximum atomic E-state index is 6.06. The van der Waals surface area contributed by atoms with Gasteiger partial charge in [-0.3, -0.25) is 0 Å². The van der Waals surface area contributed by atoms with E-state index >= 15 is 0 Å². The standard InChI is InChI=1S/C28H32N2O6S/c1-31-13-15-33-17-19-35-25-9-5-3-7-21(25)23-11-12-24(28-27(23)29-37-30-28)22-8-4-6-10-26(22)36-20-18-34-16-14-32-2/h3-12H,13-20H2,1-2H3. The molecule has 9 heteroatoms. The normalized spacial score (nSPS) is 11.2. The van der Waals surface area contributed by atoms with Crippen molar-refractivity contribution in [2.24, 2.45) is 0 Å². The highest BCUT2D eigenvalue weighted by Crippen LogP contribution is 2.40. The first kappa shape index (κ1) is 27.0. The topological polar surface area (TPSA) is 81.2 Å². The Morgan fingerprint density at radius 1 is 0.514 bits per heavy atom. The highest BCUT2D eigenvalue weighted by molar-refractivity contribution is 7.00. The number of hydrogen-bond acceptors (Lipinski definition) is 9. The van der Waals surface area contributed by atoms with Gasteiger partial charge in [-0.15, -0.1) is 0 Å². The summed E-state index contributed by atoms with van der Waals surface area (Å²) in [6.45, 7) is 4.06. The van der Waals surface area contributed by atoms with Crippen LogP contribution in [0.3, 0.4) is 0 Å². The van der Waals surface area contributed by atoms with Gasteiger partial charge in [0.25, 0.3) is 0 Å². The van der Waals surface area contributed by atoms with Crippen LogP contribution in [0.15, 0.2) is 60.7 Å². The van der Waals surface area contributed by atoms with Crippen molar-refractivity contribution in [2.45, 2.75) is 0 Å².